The Bertz CT molecular complexity index is 711. The molecule has 1 amide bonds. The van der Waals surface area contributed by atoms with Crippen molar-refractivity contribution in [2.24, 2.45) is 0 Å². The highest BCUT2D eigenvalue weighted by Gasteiger charge is 2.15. The van der Waals surface area contributed by atoms with Gasteiger partial charge in [-0.05, 0) is 25.1 Å². The Kier molecular flexibility index (Phi) is 5.56. The molecule has 0 aliphatic rings. The van der Waals surface area contributed by atoms with E-state index in [1.54, 1.807) is 6.92 Å². The van der Waals surface area contributed by atoms with Crippen molar-refractivity contribution in [3.63, 3.8) is 0 Å². The Morgan fingerprint density at radius 1 is 1.35 bits per heavy atom. The monoisotopic (exact) mass is 356 g/mol. The van der Waals surface area contributed by atoms with Crippen LogP contribution in [0, 0.1) is 5.82 Å². The number of carbonyl (C=O) groups excluding carboxylic acids is 1. The summed E-state index contributed by atoms with van der Waals surface area (Å²) in [4.78, 5) is 23.6. The van der Waals surface area contributed by atoms with E-state index >= 15 is 0 Å². The second kappa shape index (κ2) is 7.42. The maximum absolute atomic E-state index is 13.1. The molecule has 0 fully saturated rings. The topological polar surface area (TPSA) is 120 Å². The molecule has 1 aromatic heterocycles. The average Bonchev–Trinajstić information content (AvgIpc) is 2.47. The average molecular weight is 357 g/mol. The van der Waals surface area contributed by atoms with Crippen LogP contribution in [0.2, 0.25) is 5.02 Å². The van der Waals surface area contributed by atoms with Gasteiger partial charge >= 0.3 is 0 Å². The molecule has 0 aliphatic heterocycles. The smallest absolute Gasteiger partial charge is 0.237 e. The summed E-state index contributed by atoms with van der Waals surface area (Å²) in [5.41, 5.74) is 11.4. The predicted molar refractivity (Wildman–Crippen MR) is 89.4 cm³/mol. The Morgan fingerprint density at radius 2 is 2.00 bits per heavy atom. The lowest BCUT2D eigenvalue weighted by molar-refractivity contribution is -0.115. The first-order valence-electron chi connectivity index (χ1n) is 6.48. The lowest BCUT2D eigenvalue weighted by Crippen LogP contribution is -2.22. The van der Waals surface area contributed by atoms with Gasteiger partial charge in [0.2, 0.25) is 17.8 Å². The Morgan fingerprint density at radius 3 is 2.61 bits per heavy atom. The summed E-state index contributed by atoms with van der Waals surface area (Å²) in [6.07, 6.45) is 0. The normalized spacial score (nSPS) is 12.0. The molecule has 7 nitrogen and oxygen atoms in total. The van der Waals surface area contributed by atoms with Crippen LogP contribution in [0.1, 0.15) is 12.7 Å². The molecule has 0 radical (unpaired) electrons. The van der Waals surface area contributed by atoms with Crippen LogP contribution in [0.15, 0.2) is 18.2 Å². The largest absolute Gasteiger partial charge is 0.368 e. The van der Waals surface area contributed by atoms with E-state index in [1.807, 2.05) is 0 Å². The van der Waals surface area contributed by atoms with Gasteiger partial charge in [0.1, 0.15) is 11.6 Å². The Balaban J connectivity index is 1.93. The fourth-order valence-electron chi connectivity index (χ4n) is 1.61. The summed E-state index contributed by atoms with van der Waals surface area (Å²) >= 11 is 6.97. The first kappa shape index (κ1) is 17.2. The molecule has 0 saturated carbocycles. The Hall–Kier alpha value is -2.13. The number of hydrogen-bond acceptors (Lipinski definition) is 7. The molecule has 0 aliphatic carbocycles. The van der Waals surface area contributed by atoms with E-state index < -0.39 is 11.1 Å². The summed E-state index contributed by atoms with van der Waals surface area (Å²) in [6.45, 7) is 1.72. The zero-order valence-corrected chi connectivity index (χ0v) is 13.7. The number of anilines is 3. The maximum Gasteiger partial charge on any atom is 0.237 e. The molecule has 2 aromatic rings. The molecule has 1 heterocycles. The van der Waals surface area contributed by atoms with Crippen molar-refractivity contribution in [1.82, 2.24) is 15.0 Å². The predicted octanol–water partition coefficient (Wildman–Crippen LogP) is 2.09. The van der Waals surface area contributed by atoms with Crippen molar-refractivity contribution in [3.05, 3.63) is 34.9 Å². The number of amides is 1. The third-order valence-corrected chi connectivity index (χ3v) is 4.16. The van der Waals surface area contributed by atoms with Crippen LogP contribution in [-0.4, -0.2) is 26.1 Å². The van der Waals surface area contributed by atoms with Crippen molar-refractivity contribution in [2.45, 2.75) is 17.9 Å². The molecular formula is C13H14ClFN6OS. The number of nitrogen functional groups attached to an aromatic ring is 2. The van der Waals surface area contributed by atoms with Crippen LogP contribution >= 0.6 is 23.4 Å². The SMILES string of the molecule is C[C@H](SCc1nc(N)nc(N)n1)C(=O)Nc1ccc(F)c(Cl)c1. The van der Waals surface area contributed by atoms with Crippen LogP contribution in [-0.2, 0) is 10.5 Å². The molecule has 0 unspecified atom stereocenters. The van der Waals surface area contributed by atoms with Crippen LogP contribution in [0.5, 0.6) is 0 Å². The quantitative estimate of drug-likeness (QED) is 0.750. The minimum absolute atomic E-state index is 0.0335. The van der Waals surface area contributed by atoms with Gasteiger partial charge in [0.25, 0.3) is 0 Å². The molecule has 1 aromatic carbocycles. The van der Waals surface area contributed by atoms with Gasteiger partial charge in [-0.3, -0.25) is 4.79 Å². The first-order chi connectivity index (χ1) is 10.8. The second-order valence-corrected chi connectivity index (χ2v) is 6.28. The number of nitrogens with two attached hydrogens (primary N) is 2. The summed E-state index contributed by atoms with van der Waals surface area (Å²) < 4.78 is 13.1. The zero-order valence-electron chi connectivity index (χ0n) is 12.1. The molecule has 0 spiro atoms. The van der Waals surface area contributed by atoms with Gasteiger partial charge < -0.3 is 16.8 Å². The third-order valence-electron chi connectivity index (χ3n) is 2.74. The number of halogens is 2. The van der Waals surface area contributed by atoms with E-state index in [4.69, 9.17) is 23.1 Å². The number of nitrogens with one attached hydrogen (secondary N) is 1. The number of benzene rings is 1. The van der Waals surface area contributed by atoms with Crippen molar-refractivity contribution < 1.29 is 9.18 Å². The number of nitrogens with zero attached hydrogens (tertiary/aromatic N) is 3. The molecule has 5 N–H and O–H groups in total. The minimum Gasteiger partial charge on any atom is -0.368 e. The van der Waals surface area contributed by atoms with Gasteiger partial charge in [0.05, 0.1) is 16.0 Å². The van der Waals surface area contributed by atoms with E-state index in [0.717, 1.165) is 0 Å². The lowest BCUT2D eigenvalue weighted by Gasteiger charge is -2.12. The van der Waals surface area contributed by atoms with Gasteiger partial charge in [-0.25, -0.2) is 4.39 Å². The van der Waals surface area contributed by atoms with E-state index in [0.29, 0.717) is 17.3 Å². The van der Waals surface area contributed by atoms with Gasteiger partial charge in [0, 0.05) is 5.69 Å². The number of aromatic nitrogens is 3. The molecule has 0 saturated heterocycles. The van der Waals surface area contributed by atoms with Crippen molar-refractivity contribution in [3.8, 4) is 0 Å². The number of rotatable bonds is 5. The summed E-state index contributed by atoms with van der Waals surface area (Å²) in [5.74, 6) is 0.00180. The zero-order chi connectivity index (χ0) is 17.0. The fraction of sp³-hybridized carbons (Fsp3) is 0.231. The number of thioether (sulfide) groups is 1. The third kappa shape index (κ3) is 4.93. The highest BCUT2D eigenvalue weighted by molar-refractivity contribution is 7.99. The van der Waals surface area contributed by atoms with E-state index in [-0.39, 0.29) is 22.8 Å². The molecule has 2 rings (SSSR count). The highest BCUT2D eigenvalue weighted by Crippen LogP contribution is 2.21. The van der Waals surface area contributed by atoms with Crippen molar-refractivity contribution >= 4 is 46.9 Å². The van der Waals surface area contributed by atoms with E-state index in [1.165, 1.54) is 30.0 Å². The van der Waals surface area contributed by atoms with Crippen LogP contribution in [0.3, 0.4) is 0 Å². The van der Waals surface area contributed by atoms with Gasteiger partial charge in [0.15, 0.2) is 0 Å². The van der Waals surface area contributed by atoms with Gasteiger partial charge in [-0.2, -0.15) is 15.0 Å². The molecule has 122 valence electrons. The van der Waals surface area contributed by atoms with Crippen LogP contribution < -0.4 is 16.8 Å². The van der Waals surface area contributed by atoms with Crippen LogP contribution in [0.25, 0.3) is 0 Å². The summed E-state index contributed by atoms with van der Waals surface area (Å²) in [5, 5.41) is 2.19. The lowest BCUT2D eigenvalue weighted by atomic mass is 10.3. The van der Waals surface area contributed by atoms with Crippen LogP contribution in [0.4, 0.5) is 22.0 Å². The van der Waals surface area contributed by atoms with E-state index in [2.05, 4.69) is 20.3 Å². The molecule has 1 atom stereocenters. The number of hydrogen-bond donors (Lipinski definition) is 3. The van der Waals surface area contributed by atoms with Crippen molar-refractivity contribution in [2.75, 3.05) is 16.8 Å². The molecule has 10 heteroatoms. The summed E-state index contributed by atoms with van der Waals surface area (Å²) in [7, 11) is 0. The second-order valence-electron chi connectivity index (χ2n) is 4.54. The van der Waals surface area contributed by atoms with E-state index in [9.17, 15) is 9.18 Å². The number of carbonyl (C=O) groups is 1. The molecule has 0 bridgehead atoms. The molecule has 23 heavy (non-hydrogen) atoms. The highest BCUT2D eigenvalue weighted by atomic mass is 35.5. The van der Waals surface area contributed by atoms with Gasteiger partial charge in [-0.1, -0.05) is 11.6 Å². The molecular weight excluding hydrogens is 343 g/mol. The summed E-state index contributed by atoms with van der Waals surface area (Å²) in [6, 6.07) is 3.97. The van der Waals surface area contributed by atoms with Crippen molar-refractivity contribution in [1.29, 1.82) is 0 Å². The maximum atomic E-state index is 13.1. The minimum atomic E-state index is -0.544. The van der Waals surface area contributed by atoms with Gasteiger partial charge in [-0.15, -0.1) is 11.8 Å². The fourth-order valence-corrected chi connectivity index (χ4v) is 2.53. The first-order valence-corrected chi connectivity index (χ1v) is 7.91. The Labute approximate surface area is 141 Å². The standard InChI is InChI=1S/C13H14ClFN6OS/c1-6(23-5-10-19-12(16)21-13(17)20-10)11(22)18-7-2-3-9(15)8(14)4-7/h2-4,6H,5H2,1H3,(H,18,22)(H4,16,17,19,20,21)/t6-/m0/s1.